The van der Waals surface area contributed by atoms with Crippen molar-refractivity contribution in [2.45, 2.75) is 32.8 Å². The van der Waals surface area contributed by atoms with Gasteiger partial charge in [-0.15, -0.1) is 0 Å². The number of methoxy groups -OCH3 is 1. The van der Waals surface area contributed by atoms with Gasteiger partial charge in [-0.25, -0.2) is 0 Å². The molecule has 4 heteroatoms. The van der Waals surface area contributed by atoms with Crippen LogP contribution in [0.3, 0.4) is 0 Å². The van der Waals surface area contributed by atoms with Crippen LogP contribution in [0.25, 0.3) is 0 Å². The maximum absolute atomic E-state index is 12.8. The van der Waals surface area contributed by atoms with Crippen LogP contribution in [-0.4, -0.2) is 19.0 Å². The van der Waals surface area contributed by atoms with Crippen molar-refractivity contribution >= 4 is 11.5 Å². The molecule has 0 spiro atoms. The van der Waals surface area contributed by atoms with Crippen LogP contribution in [0.5, 0.6) is 11.5 Å². The third-order valence-electron chi connectivity index (χ3n) is 3.70. The molecule has 1 atom stereocenters. The molecule has 0 radical (unpaired) electrons. The van der Waals surface area contributed by atoms with Crippen molar-refractivity contribution in [2.75, 3.05) is 12.8 Å². The van der Waals surface area contributed by atoms with Gasteiger partial charge in [0.25, 0.3) is 0 Å². The fourth-order valence-corrected chi connectivity index (χ4v) is 2.43. The number of Topliss-reactive ketones (excluding diaryl/α,β-unsaturated/α-hetero) is 1. The van der Waals surface area contributed by atoms with Gasteiger partial charge in [-0.2, -0.15) is 0 Å². The molecule has 2 N–H and O–H groups in total. The molecule has 0 amide bonds. The van der Waals surface area contributed by atoms with E-state index in [0.29, 0.717) is 23.4 Å². The highest BCUT2D eigenvalue weighted by Gasteiger charge is 2.23. The summed E-state index contributed by atoms with van der Waals surface area (Å²) in [5.41, 5.74) is 7.90. The number of ketones is 1. The van der Waals surface area contributed by atoms with Crippen LogP contribution in [0.2, 0.25) is 0 Å². The molecule has 0 aliphatic heterocycles. The summed E-state index contributed by atoms with van der Waals surface area (Å²) in [6.45, 7) is 3.94. The number of rotatable bonds is 7. The summed E-state index contributed by atoms with van der Waals surface area (Å²) in [5, 5.41) is 0. The Labute approximate surface area is 137 Å². The van der Waals surface area contributed by atoms with Crippen molar-refractivity contribution < 1.29 is 14.3 Å². The topological polar surface area (TPSA) is 61.5 Å². The van der Waals surface area contributed by atoms with Gasteiger partial charge in [0, 0.05) is 11.3 Å². The Balaban J connectivity index is 2.22. The Bertz CT molecular complexity index is 665. The summed E-state index contributed by atoms with van der Waals surface area (Å²) < 4.78 is 11.1. The normalized spacial score (nSPS) is 11.8. The molecule has 2 aromatic rings. The van der Waals surface area contributed by atoms with E-state index in [1.165, 1.54) is 0 Å². The molecule has 0 saturated carbocycles. The zero-order valence-electron chi connectivity index (χ0n) is 13.8. The van der Waals surface area contributed by atoms with Crippen molar-refractivity contribution in [1.29, 1.82) is 0 Å². The number of hydrogen-bond donors (Lipinski definition) is 1. The van der Waals surface area contributed by atoms with E-state index < -0.39 is 6.10 Å². The standard InChI is InChI=1S/C19H23NO3/c1-4-5-18(23-15-8-6-14(20)7-9-15)19(21)17-11-10-16(22-3)12-13(17)2/h6-12,18H,4-5,20H2,1-3H3. The molecule has 2 rings (SSSR count). The summed E-state index contributed by atoms with van der Waals surface area (Å²) in [7, 11) is 1.61. The predicted molar refractivity (Wildman–Crippen MR) is 92.2 cm³/mol. The molecule has 2 aromatic carbocycles. The molecule has 122 valence electrons. The molecule has 0 bridgehead atoms. The van der Waals surface area contributed by atoms with E-state index in [9.17, 15) is 4.79 Å². The first kappa shape index (κ1) is 16.9. The van der Waals surface area contributed by atoms with Gasteiger partial charge in [0.1, 0.15) is 11.5 Å². The quantitative estimate of drug-likeness (QED) is 0.619. The molecule has 0 aliphatic carbocycles. The first-order valence-electron chi connectivity index (χ1n) is 7.76. The highest BCUT2D eigenvalue weighted by molar-refractivity contribution is 6.01. The first-order valence-corrected chi connectivity index (χ1v) is 7.76. The smallest absolute Gasteiger partial charge is 0.203 e. The molecule has 23 heavy (non-hydrogen) atoms. The molecule has 0 saturated heterocycles. The molecular weight excluding hydrogens is 290 g/mol. The first-order chi connectivity index (χ1) is 11.0. The Morgan fingerprint density at radius 2 is 1.78 bits per heavy atom. The van der Waals surface area contributed by atoms with Crippen LogP contribution in [-0.2, 0) is 0 Å². The third-order valence-corrected chi connectivity index (χ3v) is 3.70. The SMILES string of the molecule is CCCC(Oc1ccc(N)cc1)C(=O)c1ccc(OC)cc1C. The number of benzene rings is 2. The Morgan fingerprint density at radius 1 is 1.13 bits per heavy atom. The summed E-state index contributed by atoms with van der Waals surface area (Å²) in [4.78, 5) is 12.8. The van der Waals surface area contributed by atoms with Gasteiger partial charge in [0.05, 0.1) is 7.11 Å². The second kappa shape index (κ2) is 7.68. The second-order valence-electron chi connectivity index (χ2n) is 5.51. The van der Waals surface area contributed by atoms with Crippen LogP contribution >= 0.6 is 0 Å². The number of carbonyl (C=O) groups is 1. The highest BCUT2D eigenvalue weighted by atomic mass is 16.5. The Kier molecular flexibility index (Phi) is 5.63. The molecule has 4 nitrogen and oxygen atoms in total. The number of nitrogen functional groups attached to an aromatic ring is 1. The van der Waals surface area contributed by atoms with Crippen LogP contribution < -0.4 is 15.2 Å². The van der Waals surface area contributed by atoms with E-state index in [4.69, 9.17) is 15.2 Å². The van der Waals surface area contributed by atoms with Gasteiger partial charge >= 0.3 is 0 Å². The number of anilines is 1. The van der Waals surface area contributed by atoms with Crippen molar-refractivity contribution in [3.8, 4) is 11.5 Å². The fraction of sp³-hybridized carbons (Fsp3) is 0.316. The summed E-state index contributed by atoms with van der Waals surface area (Å²) in [6.07, 6.45) is 1.02. The highest BCUT2D eigenvalue weighted by Crippen LogP contribution is 2.22. The van der Waals surface area contributed by atoms with E-state index in [-0.39, 0.29) is 5.78 Å². The van der Waals surface area contributed by atoms with E-state index in [1.54, 1.807) is 43.5 Å². The van der Waals surface area contributed by atoms with Crippen molar-refractivity contribution in [1.82, 2.24) is 0 Å². The average Bonchev–Trinajstić information content (AvgIpc) is 2.55. The monoisotopic (exact) mass is 313 g/mol. The van der Waals surface area contributed by atoms with Gasteiger partial charge in [-0.3, -0.25) is 4.79 Å². The van der Waals surface area contributed by atoms with Gasteiger partial charge < -0.3 is 15.2 Å². The predicted octanol–water partition coefficient (Wildman–Crippen LogP) is 4.02. The molecule has 0 fully saturated rings. The lowest BCUT2D eigenvalue weighted by molar-refractivity contribution is 0.0776. The summed E-state index contributed by atoms with van der Waals surface area (Å²) >= 11 is 0. The second-order valence-corrected chi connectivity index (χ2v) is 5.51. The van der Waals surface area contributed by atoms with Gasteiger partial charge in [-0.05, 0) is 61.4 Å². The average molecular weight is 313 g/mol. The minimum atomic E-state index is -0.504. The van der Waals surface area contributed by atoms with Crippen LogP contribution in [0.15, 0.2) is 42.5 Å². The lowest BCUT2D eigenvalue weighted by Gasteiger charge is -2.19. The van der Waals surface area contributed by atoms with Crippen molar-refractivity contribution in [3.63, 3.8) is 0 Å². The largest absolute Gasteiger partial charge is 0.497 e. The number of aryl methyl sites for hydroxylation is 1. The minimum Gasteiger partial charge on any atom is -0.497 e. The summed E-state index contributed by atoms with van der Waals surface area (Å²) in [6, 6.07) is 12.6. The number of carbonyl (C=O) groups excluding carboxylic acids is 1. The van der Waals surface area contributed by atoms with E-state index >= 15 is 0 Å². The van der Waals surface area contributed by atoms with Crippen LogP contribution in [0.4, 0.5) is 5.69 Å². The molecule has 0 aromatic heterocycles. The molecule has 0 heterocycles. The minimum absolute atomic E-state index is 0.0103. The lowest BCUT2D eigenvalue weighted by Crippen LogP contribution is -2.28. The van der Waals surface area contributed by atoms with Gasteiger partial charge in [-0.1, -0.05) is 13.3 Å². The molecule has 0 aliphatic rings. The number of ether oxygens (including phenoxy) is 2. The van der Waals surface area contributed by atoms with E-state index in [2.05, 4.69) is 0 Å². The Morgan fingerprint density at radius 3 is 2.35 bits per heavy atom. The van der Waals surface area contributed by atoms with Crippen LogP contribution in [0, 0.1) is 6.92 Å². The van der Waals surface area contributed by atoms with Gasteiger partial charge in [0.2, 0.25) is 5.78 Å². The summed E-state index contributed by atoms with van der Waals surface area (Å²) in [5.74, 6) is 1.38. The van der Waals surface area contributed by atoms with E-state index in [0.717, 1.165) is 17.7 Å². The maximum Gasteiger partial charge on any atom is 0.203 e. The van der Waals surface area contributed by atoms with Crippen LogP contribution in [0.1, 0.15) is 35.7 Å². The number of hydrogen-bond acceptors (Lipinski definition) is 4. The third kappa shape index (κ3) is 4.25. The maximum atomic E-state index is 12.8. The van der Waals surface area contributed by atoms with E-state index in [1.807, 2.05) is 19.9 Å². The number of nitrogens with two attached hydrogens (primary N) is 1. The lowest BCUT2D eigenvalue weighted by atomic mass is 9.98. The Hall–Kier alpha value is -2.49. The van der Waals surface area contributed by atoms with Crippen molar-refractivity contribution in [2.24, 2.45) is 0 Å². The van der Waals surface area contributed by atoms with Crippen molar-refractivity contribution in [3.05, 3.63) is 53.6 Å². The fourth-order valence-electron chi connectivity index (χ4n) is 2.43. The van der Waals surface area contributed by atoms with Gasteiger partial charge in [0.15, 0.2) is 6.10 Å². The molecule has 1 unspecified atom stereocenters. The molecular formula is C19H23NO3. The zero-order valence-corrected chi connectivity index (χ0v) is 13.8. The zero-order chi connectivity index (χ0) is 16.8.